The van der Waals surface area contributed by atoms with Crippen molar-refractivity contribution in [2.45, 2.75) is 39.0 Å². The molecule has 2 nitrogen and oxygen atoms in total. The van der Waals surface area contributed by atoms with Gasteiger partial charge in [-0.3, -0.25) is 0 Å². The van der Waals surface area contributed by atoms with Crippen LogP contribution in [-0.2, 0) is 6.42 Å². The van der Waals surface area contributed by atoms with E-state index in [1.54, 1.807) is 0 Å². The number of benzene rings is 6. The lowest BCUT2D eigenvalue weighted by molar-refractivity contribution is 0.667. The number of hydrogen-bond donors (Lipinski definition) is 0. The third kappa shape index (κ3) is 5.07. The lowest BCUT2D eigenvalue weighted by Gasteiger charge is -2.11. The molecule has 0 N–H and O–H groups in total. The van der Waals surface area contributed by atoms with Crippen molar-refractivity contribution in [3.63, 3.8) is 0 Å². The second-order valence-corrected chi connectivity index (χ2v) is 13.1. The molecule has 0 spiro atoms. The van der Waals surface area contributed by atoms with Crippen LogP contribution in [-0.4, -0.2) is 9.13 Å². The maximum atomic E-state index is 6.40. The fourth-order valence-corrected chi connectivity index (χ4v) is 7.39. The molecule has 0 saturated carbocycles. The summed E-state index contributed by atoms with van der Waals surface area (Å²) >= 11 is 12.8. The third-order valence-corrected chi connectivity index (χ3v) is 9.80. The Bertz CT molecular complexity index is 2300. The van der Waals surface area contributed by atoms with Crippen LogP contribution >= 0.6 is 23.2 Å². The van der Waals surface area contributed by atoms with E-state index < -0.39 is 0 Å². The van der Waals surface area contributed by atoms with Gasteiger partial charge in [0, 0.05) is 43.0 Å². The number of fused-ring (bicyclic) bond motifs is 6. The van der Waals surface area contributed by atoms with Crippen LogP contribution in [0.4, 0.5) is 0 Å². The summed E-state index contributed by atoms with van der Waals surface area (Å²) in [6.45, 7) is 2.27. The van der Waals surface area contributed by atoms with Gasteiger partial charge in [0.15, 0.2) is 0 Å². The summed E-state index contributed by atoms with van der Waals surface area (Å²) in [6, 6.07) is 45.7. The van der Waals surface area contributed by atoms with Crippen LogP contribution in [0.3, 0.4) is 0 Å². The monoisotopic (exact) mass is 636 g/mol. The quantitative estimate of drug-likeness (QED) is 0.147. The average Bonchev–Trinajstić information content (AvgIpc) is 3.59. The van der Waals surface area contributed by atoms with E-state index in [0.29, 0.717) is 10.0 Å². The molecule has 0 aliphatic heterocycles. The van der Waals surface area contributed by atoms with E-state index in [1.165, 1.54) is 69.9 Å². The van der Waals surface area contributed by atoms with Crippen LogP contribution in [0.5, 0.6) is 0 Å². The van der Waals surface area contributed by atoms with Gasteiger partial charge in [-0.1, -0.05) is 97.9 Å². The largest absolute Gasteiger partial charge is 0.309 e. The van der Waals surface area contributed by atoms with Crippen molar-refractivity contribution in [2.75, 3.05) is 0 Å². The summed E-state index contributed by atoms with van der Waals surface area (Å²) in [4.78, 5) is 0. The topological polar surface area (TPSA) is 9.86 Å². The number of unbranched alkanes of at least 4 members (excludes halogenated alkanes) is 3. The average molecular weight is 638 g/mol. The van der Waals surface area contributed by atoms with Gasteiger partial charge in [-0.15, -0.1) is 0 Å². The minimum Gasteiger partial charge on any atom is -0.309 e. The summed E-state index contributed by atoms with van der Waals surface area (Å²) in [5.74, 6) is 0. The summed E-state index contributed by atoms with van der Waals surface area (Å²) < 4.78 is 4.69. The van der Waals surface area contributed by atoms with Gasteiger partial charge in [0.1, 0.15) is 0 Å². The van der Waals surface area contributed by atoms with E-state index in [0.717, 1.165) is 33.9 Å². The van der Waals surface area contributed by atoms with E-state index in [1.807, 2.05) is 24.3 Å². The number of aromatic nitrogens is 2. The van der Waals surface area contributed by atoms with Gasteiger partial charge < -0.3 is 9.13 Å². The maximum absolute atomic E-state index is 6.40. The van der Waals surface area contributed by atoms with E-state index in [9.17, 15) is 0 Å². The van der Waals surface area contributed by atoms with Gasteiger partial charge in [0.25, 0.3) is 0 Å². The summed E-state index contributed by atoms with van der Waals surface area (Å²) in [7, 11) is 0. The molecular weight excluding hydrogens is 603 g/mol. The van der Waals surface area contributed by atoms with Gasteiger partial charge in [0.05, 0.1) is 22.1 Å². The second kappa shape index (κ2) is 12.0. The lowest BCUT2D eigenvalue weighted by atomic mass is 10.0. The third-order valence-electron chi connectivity index (χ3n) is 9.33. The molecule has 0 bridgehead atoms. The molecule has 2 heterocycles. The van der Waals surface area contributed by atoms with Crippen molar-refractivity contribution in [1.82, 2.24) is 9.13 Å². The summed E-state index contributed by atoms with van der Waals surface area (Å²) in [5, 5.41) is 6.15. The van der Waals surface area contributed by atoms with Crippen LogP contribution in [0, 0.1) is 0 Å². The van der Waals surface area contributed by atoms with Crippen molar-refractivity contribution in [1.29, 1.82) is 0 Å². The standard InChI is InChI=1S/C42H34Cl2N2/c1-2-3-4-5-8-28-11-18-33(19-12-28)45-39-10-7-6-9-35(39)36-25-30(15-22-40(36)45)29-13-20-34(21-14-29)46-41-23-16-31(43)26-37(41)38-27-32(44)17-24-42(38)46/h6-7,9-27H,2-5,8H2,1H3. The molecule has 6 aromatic carbocycles. The van der Waals surface area contributed by atoms with Crippen molar-refractivity contribution in [3.8, 4) is 22.5 Å². The summed E-state index contributed by atoms with van der Waals surface area (Å²) in [5.41, 5.74) is 10.8. The molecule has 46 heavy (non-hydrogen) atoms. The molecule has 0 amide bonds. The molecule has 0 aliphatic carbocycles. The Hall–Kier alpha value is -4.50. The second-order valence-electron chi connectivity index (χ2n) is 12.3. The van der Waals surface area contributed by atoms with Gasteiger partial charge >= 0.3 is 0 Å². The number of nitrogens with zero attached hydrogens (tertiary/aromatic N) is 2. The highest BCUT2D eigenvalue weighted by Crippen LogP contribution is 2.37. The molecule has 8 rings (SSSR count). The Labute approximate surface area is 279 Å². The lowest BCUT2D eigenvalue weighted by Crippen LogP contribution is -1.95. The zero-order valence-corrected chi connectivity index (χ0v) is 27.3. The highest BCUT2D eigenvalue weighted by atomic mass is 35.5. The van der Waals surface area contributed by atoms with Gasteiger partial charge in [-0.25, -0.2) is 0 Å². The molecule has 226 valence electrons. The predicted octanol–water partition coefficient (Wildman–Crippen LogP) is 13.0. The Morgan fingerprint density at radius 1 is 0.457 bits per heavy atom. The highest BCUT2D eigenvalue weighted by molar-refractivity contribution is 6.33. The molecule has 0 aliphatic rings. The first-order chi connectivity index (χ1) is 22.6. The Kier molecular flexibility index (Phi) is 7.56. The molecule has 0 fully saturated rings. The van der Waals surface area contributed by atoms with Crippen molar-refractivity contribution >= 4 is 66.8 Å². The molecule has 0 radical (unpaired) electrons. The first-order valence-corrected chi connectivity index (χ1v) is 17.0. The minimum atomic E-state index is 0.716. The smallest absolute Gasteiger partial charge is 0.0542 e. The van der Waals surface area contributed by atoms with E-state index in [-0.39, 0.29) is 0 Å². The van der Waals surface area contributed by atoms with Crippen LogP contribution in [0.25, 0.3) is 66.1 Å². The van der Waals surface area contributed by atoms with E-state index >= 15 is 0 Å². The first-order valence-electron chi connectivity index (χ1n) is 16.2. The normalized spacial score (nSPS) is 11.8. The Balaban J connectivity index is 1.17. The molecule has 0 saturated heterocycles. The van der Waals surface area contributed by atoms with Crippen molar-refractivity contribution < 1.29 is 0 Å². The van der Waals surface area contributed by atoms with Crippen molar-refractivity contribution in [2.24, 2.45) is 0 Å². The zero-order chi connectivity index (χ0) is 31.2. The predicted molar refractivity (Wildman–Crippen MR) is 198 cm³/mol. The molecular formula is C42H34Cl2N2. The van der Waals surface area contributed by atoms with Gasteiger partial charge in [0.2, 0.25) is 0 Å². The Morgan fingerprint density at radius 2 is 0.978 bits per heavy atom. The molecule has 0 unspecified atom stereocenters. The van der Waals surface area contributed by atoms with E-state index in [2.05, 4.69) is 119 Å². The van der Waals surface area contributed by atoms with Crippen LogP contribution in [0.2, 0.25) is 10.0 Å². The summed E-state index contributed by atoms with van der Waals surface area (Å²) in [6.07, 6.45) is 6.30. The number of hydrogen-bond acceptors (Lipinski definition) is 0. The number of halogens is 2. The van der Waals surface area contributed by atoms with E-state index in [4.69, 9.17) is 23.2 Å². The minimum absolute atomic E-state index is 0.716. The SMILES string of the molecule is CCCCCCc1ccc(-n2c3ccccc3c3cc(-c4ccc(-n5c6ccc(Cl)cc6c6cc(Cl)ccc65)cc4)ccc32)cc1. The fourth-order valence-electron chi connectivity index (χ4n) is 7.05. The molecule has 0 atom stereocenters. The first kappa shape index (κ1) is 28.9. The van der Waals surface area contributed by atoms with Crippen molar-refractivity contribution in [3.05, 3.63) is 143 Å². The number of para-hydroxylation sites is 1. The van der Waals surface area contributed by atoms with Crippen LogP contribution in [0.1, 0.15) is 38.2 Å². The number of aryl methyl sites for hydroxylation is 1. The number of rotatable bonds is 8. The Morgan fingerprint density at radius 3 is 1.61 bits per heavy atom. The zero-order valence-electron chi connectivity index (χ0n) is 25.8. The van der Waals surface area contributed by atoms with Gasteiger partial charge in [-0.2, -0.15) is 0 Å². The molecule has 4 heteroatoms. The maximum Gasteiger partial charge on any atom is 0.0542 e. The van der Waals surface area contributed by atoms with Crippen LogP contribution < -0.4 is 0 Å². The molecule has 8 aromatic rings. The van der Waals surface area contributed by atoms with Crippen LogP contribution in [0.15, 0.2) is 127 Å². The molecule has 2 aromatic heterocycles. The van der Waals surface area contributed by atoms with Gasteiger partial charge in [-0.05, 0) is 108 Å². The fraction of sp³-hybridized carbons (Fsp3) is 0.143. The highest BCUT2D eigenvalue weighted by Gasteiger charge is 2.15.